The van der Waals surface area contributed by atoms with Gasteiger partial charge in [0.25, 0.3) is 5.91 Å². The predicted molar refractivity (Wildman–Crippen MR) is 111 cm³/mol. The Labute approximate surface area is 179 Å². The molecular weight excluding hydrogens is 410 g/mol. The van der Waals surface area contributed by atoms with Crippen molar-refractivity contribution < 1.29 is 33.7 Å². The number of methoxy groups -OCH3 is 2. The van der Waals surface area contributed by atoms with Crippen molar-refractivity contribution in [1.29, 1.82) is 0 Å². The molecule has 0 aromatic heterocycles. The van der Waals surface area contributed by atoms with Gasteiger partial charge in [-0.3, -0.25) is 14.4 Å². The van der Waals surface area contributed by atoms with E-state index in [9.17, 15) is 19.5 Å². The van der Waals surface area contributed by atoms with Crippen LogP contribution in [0.2, 0.25) is 0 Å². The molecule has 30 heavy (non-hydrogen) atoms. The van der Waals surface area contributed by atoms with Crippen LogP contribution in [-0.4, -0.2) is 72.8 Å². The van der Waals surface area contributed by atoms with Crippen molar-refractivity contribution in [2.24, 2.45) is 0 Å². The summed E-state index contributed by atoms with van der Waals surface area (Å²) in [7, 11) is 2.96. The van der Waals surface area contributed by atoms with Gasteiger partial charge in [-0.05, 0) is 37.3 Å². The molecular formula is C21H25NO7S. The molecule has 2 atom stereocenters. The summed E-state index contributed by atoms with van der Waals surface area (Å²) in [6, 6.07) is 4.73. The lowest BCUT2D eigenvalue weighted by Gasteiger charge is -2.27. The topological polar surface area (TPSA) is 102 Å². The van der Waals surface area contributed by atoms with E-state index in [1.54, 1.807) is 23.3 Å². The first kappa shape index (κ1) is 22.2. The molecule has 0 spiro atoms. The fourth-order valence-corrected chi connectivity index (χ4v) is 4.76. The average Bonchev–Trinajstić information content (AvgIpc) is 3.34. The number of amides is 1. The van der Waals surface area contributed by atoms with Gasteiger partial charge < -0.3 is 24.2 Å². The summed E-state index contributed by atoms with van der Waals surface area (Å²) in [6.07, 6.45) is 2.94. The van der Waals surface area contributed by atoms with Gasteiger partial charge in [-0.15, -0.1) is 11.8 Å². The largest absolute Gasteiger partial charge is 0.493 e. The number of Topliss-reactive ketones (excluding diaryl/α,β-unsaturated/α-hetero) is 1. The lowest BCUT2D eigenvalue weighted by atomic mass is 9.98. The predicted octanol–water partition coefficient (Wildman–Crippen LogP) is 2.37. The number of carbonyl (C=O) groups excluding carboxylic acids is 2. The Balaban J connectivity index is 2.00. The van der Waals surface area contributed by atoms with Crippen LogP contribution in [-0.2, 0) is 14.3 Å². The van der Waals surface area contributed by atoms with Crippen molar-refractivity contribution in [3.63, 3.8) is 0 Å². The summed E-state index contributed by atoms with van der Waals surface area (Å²) in [5.41, 5.74) is 0.538. The van der Waals surface area contributed by atoms with E-state index in [0.29, 0.717) is 30.2 Å². The molecule has 1 aromatic carbocycles. The summed E-state index contributed by atoms with van der Waals surface area (Å²) in [6.45, 7) is 0.972. The number of benzene rings is 1. The van der Waals surface area contributed by atoms with Gasteiger partial charge in [0.15, 0.2) is 17.3 Å². The third-order valence-corrected chi connectivity index (χ3v) is 6.18. The highest BCUT2D eigenvalue weighted by molar-refractivity contribution is 7.99. The highest BCUT2D eigenvalue weighted by Crippen LogP contribution is 2.38. The number of hydrogen-bond acceptors (Lipinski definition) is 7. The second-order valence-electron chi connectivity index (χ2n) is 7.04. The minimum atomic E-state index is -1.16. The number of thioether (sulfide) groups is 1. The number of carboxylic acids is 1. The third kappa shape index (κ3) is 4.32. The first-order chi connectivity index (χ1) is 14.4. The van der Waals surface area contributed by atoms with Gasteiger partial charge in [-0.2, -0.15) is 0 Å². The second-order valence-corrected chi connectivity index (χ2v) is 7.96. The smallest absolute Gasteiger partial charge is 0.308 e. The van der Waals surface area contributed by atoms with E-state index in [1.807, 2.05) is 0 Å². The Bertz CT molecular complexity index is 876. The number of ether oxygens (including phenoxy) is 3. The average molecular weight is 435 g/mol. The SMILES string of the molecule is COc1ccc(C(=O)C2=C(CC(=O)O)C(=O)N(C[C@@H]3CCCO3)[C@@H]2SC)cc1OC. The Hall–Kier alpha value is -2.52. The number of aliphatic carboxylic acids is 1. The lowest BCUT2D eigenvalue weighted by molar-refractivity contribution is -0.137. The van der Waals surface area contributed by atoms with Crippen LogP contribution >= 0.6 is 11.8 Å². The number of carboxylic acid groups (broad SMARTS) is 1. The maximum absolute atomic E-state index is 13.4. The third-order valence-electron chi connectivity index (χ3n) is 5.24. The first-order valence-corrected chi connectivity index (χ1v) is 10.9. The van der Waals surface area contributed by atoms with Crippen LogP contribution < -0.4 is 9.47 Å². The van der Waals surface area contributed by atoms with E-state index in [-0.39, 0.29) is 17.3 Å². The zero-order chi connectivity index (χ0) is 21.8. The zero-order valence-electron chi connectivity index (χ0n) is 17.2. The van der Waals surface area contributed by atoms with E-state index in [1.165, 1.54) is 32.0 Å². The maximum atomic E-state index is 13.4. The fourth-order valence-electron chi connectivity index (χ4n) is 3.84. The normalized spacial score (nSPS) is 21.3. The summed E-state index contributed by atoms with van der Waals surface area (Å²) < 4.78 is 16.1. The summed E-state index contributed by atoms with van der Waals surface area (Å²) >= 11 is 1.33. The van der Waals surface area contributed by atoms with Crippen LogP contribution in [0.15, 0.2) is 29.3 Å². The summed E-state index contributed by atoms with van der Waals surface area (Å²) in [4.78, 5) is 39.6. The van der Waals surface area contributed by atoms with Gasteiger partial charge >= 0.3 is 5.97 Å². The summed E-state index contributed by atoms with van der Waals surface area (Å²) in [5, 5.41) is 8.78. The lowest BCUT2D eigenvalue weighted by Crippen LogP contribution is -2.40. The van der Waals surface area contributed by atoms with Crippen molar-refractivity contribution in [2.45, 2.75) is 30.7 Å². The molecule has 0 unspecified atom stereocenters. The van der Waals surface area contributed by atoms with E-state index >= 15 is 0 Å². The monoisotopic (exact) mass is 435 g/mol. The molecule has 1 amide bonds. The fraction of sp³-hybridized carbons (Fsp3) is 0.476. The maximum Gasteiger partial charge on any atom is 0.308 e. The minimum absolute atomic E-state index is 0.0274. The van der Waals surface area contributed by atoms with Crippen LogP contribution in [0.3, 0.4) is 0 Å². The van der Waals surface area contributed by atoms with E-state index < -0.39 is 29.5 Å². The standard InChI is InChI=1S/C21H25NO7S/c1-27-15-7-6-12(9-16(15)28-2)19(25)18-14(10-17(23)24)20(26)22(21(18)30-3)11-13-5-4-8-29-13/h6-7,9,13,21H,4-5,8,10-11H2,1-3H3,(H,23,24)/t13-,21+/m0/s1. The van der Waals surface area contributed by atoms with E-state index in [4.69, 9.17) is 14.2 Å². The number of rotatable bonds is 9. The van der Waals surface area contributed by atoms with E-state index in [2.05, 4.69) is 0 Å². The first-order valence-electron chi connectivity index (χ1n) is 9.58. The van der Waals surface area contributed by atoms with Crippen molar-refractivity contribution >= 4 is 29.4 Å². The second kappa shape index (κ2) is 9.53. The molecule has 0 bridgehead atoms. The van der Waals surface area contributed by atoms with Gasteiger partial charge in [-0.25, -0.2) is 0 Å². The molecule has 1 aromatic rings. The number of carbonyl (C=O) groups is 3. The molecule has 1 fully saturated rings. The molecule has 1 saturated heterocycles. The highest BCUT2D eigenvalue weighted by Gasteiger charge is 2.43. The van der Waals surface area contributed by atoms with Crippen molar-refractivity contribution in [2.75, 3.05) is 33.6 Å². The molecule has 2 aliphatic rings. The van der Waals surface area contributed by atoms with Crippen molar-refractivity contribution in [1.82, 2.24) is 4.90 Å². The summed E-state index contributed by atoms with van der Waals surface area (Å²) in [5.74, 6) is -1.12. The van der Waals surface area contributed by atoms with Gasteiger partial charge in [0, 0.05) is 29.9 Å². The Kier molecular flexibility index (Phi) is 7.04. The molecule has 162 valence electrons. The molecule has 1 N–H and O–H groups in total. The van der Waals surface area contributed by atoms with Crippen LogP contribution in [0.4, 0.5) is 0 Å². The van der Waals surface area contributed by atoms with Gasteiger partial charge in [0.05, 0.1) is 26.7 Å². The van der Waals surface area contributed by atoms with Gasteiger partial charge in [-0.1, -0.05) is 0 Å². The molecule has 0 saturated carbocycles. The molecule has 2 heterocycles. The molecule has 0 radical (unpaired) electrons. The number of ketones is 1. The van der Waals surface area contributed by atoms with Crippen molar-refractivity contribution in [3.8, 4) is 11.5 Å². The molecule has 9 heteroatoms. The minimum Gasteiger partial charge on any atom is -0.493 e. The zero-order valence-corrected chi connectivity index (χ0v) is 18.0. The van der Waals surface area contributed by atoms with Crippen LogP contribution in [0.5, 0.6) is 11.5 Å². The van der Waals surface area contributed by atoms with Gasteiger partial charge in [0.2, 0.25) is 0 Å². The molecule has 8 nitrogen and oxygen atoms in total. The number of nitrogens with zero attached hydrogens (tertiary/aromatic N) is 1. The van der Waals surface area contributed by atoms with Crippen LogP contribution in [0.25, 0.3) is 0 Å². The molecule has 2 aliphatic heterocycles. The quantitative estimate of drug-likeness (QED) is 0.590. The van der Waals surface area contributed by atoms with E-state index in [0.717, 1.165) is 12.8 Å². The Morgan fingerprint density at radius 1 is 1.27 bits per heavy atom. The molecule has 3 rings (SSSR count). The highest BCUT2D eigenvalue weighted by atomic mass is 32.2. The van der Waals surface area contributed by atoms with Crippen molar-refractivity contribution in [3.05, 3.63) is 34.9 Å². The Morgan fingerprint density at radius 3 is 2.57 bits per heavy atom. The Morgan fingerprint density at radius 2 is 2.00 bits per heavy atom. The molecule has 0 aliphatic carbocycles. The number of hydrogen-bond donors (Lipinski definition) is 1. The van der Waals surface area contributed by atoms with Crippen LogP contribution in [0, 0.1) is 0 Å². The van der Waals surface area contributed by atoms with Crippen LogP contribution in [0.1, 0.15) is 29.6 Å². The van der Waals surface area contributed by atoms with Gasteiger partial charge in [0.1, 0.15) is 5.37 Å².